The Morgan fingerprint density at radius 2 is 2.00 bits per heavy atom. The Balaban J connectivity index is 1.80. The molecule has 1 fully saturated rings. The first-order chi connectivity index (χ1) is 12.5. The zero-order chi connectivity index (χ0) is 18.5. The van der Waals surface area contributed by atoms with E-state index in [-0.39, 0.29) is 24.4 Å². The number of thiazole rings is 1. The molecule has 1 saturated carbocycles. The van der Waals surface area contributed by atoms with Crippen LogP contribution in [0.5, 0.6) is 0 Å². The number of hydrogen-bond acceptors (Lipinski definition) is 4. The van der Waals surface area contributed by atoms with E-state index < -0.39 is 0 Å². The van der Waals surface area contributed by atoms with Crippen LogP contribution in [0, 0.1) is 0 Å². The lowest BCUT2D eigenvalue weighted by Gasteiger charge is -2.34. The van der Waals surface area contributed by atoms with Gasteiger partial charge in [-0.25, -0.2) is 4.98 Å². The molecule has 2 aromatic rings. The number of nitrogens with one attached hydrogen (secondary N) is 1. The van der Waals surface area contributed by atoms with E-state index in [0.717, 1.165) is 32.1 Å². The molecule has 1 heterocycles. The number of carbonyl (C=O) groups excluding carboxylic acids is 2. The fraction of sp³-hybridized carbons (Fsp3) is 0.389. The summed E-state index contributed by atoms with van der Waals surface area (Å²) in [5.74, 6) is -0.503. The number of amides is 2. The number of anilines is 1. The van der Waals surface area contributed by atoms with Crippen molar-refractivity contribution in [1.82, 2.24) is 9.88 Å². The standard InChI is InChI=1S/C18H19Cl2N3O2S/c19-12-6-7-14(15(20)10-12)17(25)23(13-4-2-1-3-5-13)11-16(24)22-18-21-8-9-26-18/h6-10,13H,1-5,11H2,(H,21,22,24). The lowest BCUT2D eigenvalue weighted by atomic mass is 9.93. The predicted molar refractivity (Wildman–Crippen MR) is 105 cm³/mol. The highest BCUT2D eigenvalue weighted by Gasteiger charge is 2.29. The molecular weight excluding hydrogens is 393 g/mol. The quantitative estimate of drug-likeness (QED) is 0.763. The van der Waals surface area contributed by atoms with Crippen molar-refractivity contribution in [3.63, 3.8) is 0 Å². The Labute approximate surface area is 166 Å². The fourth-order valence-corrected chi connectivity index (χ4v) is 4.21. The van der Waals surface area contributed by atoms with E-state index in [1.807, 2.05) is 0 Å². The summed E-state index contributed by atoms with van der Waals surface area (Å²) in [6.45, 7) is -0.0258. The van der Waals surface area contributed by atoms with Gasteiger partial charge in [0.25, 0.3) is 5.91 Å². The summed E-state index contributed by atoms with van der Waals surface area (Å²) >= 11 is 13.5. The van der Waals surface area contributed by atoms with Crippen LogP contribution in [0.3, 0.4) is 0 Å². The maximum Gasteiger partial charge on any atom is 0.256 e. The minimum absolute atomic E-state index is 0.0258. The minimum atomic E-state index is -0.260. The van der Waals surface area contributed by atoms with Gasteiger partial charge in [0.2, 0.25) is 5.91 Å². The molecule has 1 aliphatic carbocycles. The maximum absolute atomic E-state index is 13.1. The summed E-state index contributed by atoms with van der Waals surface area (Å²) in [6.07, 6.45) is 6.67. The van der Waals surface area contributed by atoms with E-state index in [4.69, 9.17) is 23.2 Å². The van der Waals surface area contributed by atoms with Crippen molar-refractivity contribution in [2.24, 2.45) is 0 Å². The van der Waals surface area contributed by atoms with Crippen molar-refractivity contribution in [2.75, 3.05) is 11.9 Å². The van der Waals surface area contributed by atoms with Gasteiger partial charge in [-0.2, -0.15) is 0 Å². The highest BCUT2D eigenvalue weighted by molar-refractivity contribution is 7.13. The SMILES string of the molecule is O=C(CN(C(=O)c1ccc(Cl)cc1Cl)C1CCCCC1)Nc1nccs1. The van der Waals surface area contributed by atoms with Gasteiger partial charge in [-0.15, -0.1) is 11.3 Å². The second-order valence-electron chi connectivity index (χ2n) is 6.23. The summed E-state index contributed by atoms with van der Waals surface area (Å²) in [5.41, 5.74) is 0.365. The van der Waals surface area contributed by atoms with Crippen LogP contribution < -0.4 is 5.32 Å². The summed E-state index contributed by atoms with van der Waals surface area (Å²) in [7, 11) is 0. The van der Waals surface area contributed by atoms with Crippen molar-refractivity contribution >= 4 is 51.5 Å². The van der Waals surface area contributed by atoms with Gasteiger partial charge in [0.05, 0.1) is 10.6 Å². The van der Waals surface area contributed by atoms with Gasteiger partial charge in [0.15, 0.2) is 5.13 Å². The van der Waals surface area contributed by atoms with Crippen molar-refractivity contribution in [1.29, 1.82) is 0 Å². The molecule has 138 valence electrons. The molecule has 0 aliphatic heterocycles. The van der Waals surface area contributed by atoms with Crippen LogP contribution in [0.2, 0.25) is 10.0 Å². The maximum atomic E-state index is 13.1. The van der Waals surface area contributed by atoms with Gasteiger partial charge in [0, 0.05) is 22.6 Å². The van der Waals surface area contributed by atoms with E-state index in [1.165, 1.54) is 11.3 Å². The number of aromatic nitrogens is 1. The smallest absolute Gasteiger partial charge is 0.256 e. The first-order valence-electron chi connectivity index (χ1n) is 8.50. The molecule has 1 N–H and O–H groups in total. The molecule has 5 nitrogen and oxygen atoms in total. The summed E-state index contributed by atoms with van der Waals surface area (Å²) in [6, 6.07) is 4.83. The molecule has 8 heteroatoms. The van der Waals surface area contributed by atoms with Gasteiger partial charge in [-0.05, 0) is 31.0 Å². The van der Waals surface area contributed by atoms with Crippen LogP contribution in [-0.4, -0.2) is 34.3 Å². The first-order valence-corrected chi connectivity index (χ1v) is 10.1. The van der Waals surface area contributed by atoms with Gasteiger partial charge in [0.1, 0.15) is 6.54 Å². The van der Waals surface area contributed by atoms with E-state index in [9.17, 15) is 9.59 Å². The predicted octanol–water partition coefficient (Wildman–Crippen LogP) is 4.86. The Morgan fingerprint density at radius 3 is 2.65 bits per heavy atom. The van der Waals surface area contributed by atoms with E-state index >= 15 is 0 Å². The number of carbonyl (C=O) groups is 2. The highest BCUT2D eigenvalue weighted by atomic mass is 35.5. The largest absolute Gasteiger partial charge is 0.326 e. The Bertz CT molecular complexity index is 777. The number of rotatable bonds is 5. The van der Waals surface area contributed by atoms with Crippen molar-refractivity contribution < 1.29 is 9.59 Å². The molecule has 0 unspecified atom stereocenters. The van der Waals surface area contributed by atoms with Gasteiger partial charge >= 0.3 is 0 Å². The van der Waals surface area contributed by atoms with Crippen molar-refractivity contribution in [3.8, 4) is 0 Å². The van der Waals surface area contributed by atoms with Crippen LogP contribution >= 0.6 is 34.5 Å². The van der Waals surface area contributed by atoms with Gasteiger partial charge in [-0.1, -0.05) is 42.5 Å². The van der Waals surface area contributed by atoms with Crippen molar-refractivity contribution in [3.05, 3.63) is 45.4 Å². The van der Waals surface area contributed by atoms with E-state index in [0.29, 0.717) is 20.7 Å². The second-order valence-corrected chi connectivity index (χ2v) is 7.97. The third kappa shape index (κ3) is 4.75. The molecule has 1 aromatic carbocycles. The summed E-state index contributed by atoms with van der Waals surface area (Å²) in [4.78, 5) is 31.3. The Kier molecular flexibility index (Phi) is 6.51. The molecule has 1 aliphatic rings. The topological polar surface area (TPSA) is 62.3 Å². The third-order valence-electron chi connectivity index (χ3n) is 4.43. The molecular formula is C18H19Cl2N3O2S. The first kappa shape index (κ1) is 19.1. The molecule has 0 spiro atoms. The highest BCUT2D eigenvalue weighted by Crippen LogP contribution is 2.27. The number of halogens is 2. The second kappa shape index (κ2) is 8.84. The molecule has 2 amide bonds. The van der Waals surface area contributed by atoms with Crippen LogP contribution in [0.4, 0.5) is 5.13 Å². The number of hydrogen-bond donors (Lipinski definition) is 1. The van der Waals surface area contributed by atoms with Crippen LogP contribution in [-0.2, 0) is 4.79 Å². The summed E-state index contributed by atoms with van der Waals surface area (Å²) < 4.78 is 0. The number of nitrogens with zero attached hydrogens (tertiary/aromatic N) is 2. The Hall–Kier alpha value is -1.63. The molecule has 0 bridgehead atoms. The minimum Gasteiger partial charge on any atom is -0.326 e. The Morgan fingerprint density at radius 1 is 1.23 bits per heavy atom. The van der Waals surface area contributed by atoms with Crippen LogP contribution in [0.1, 0.15) is 42.5 Å². The van der Waals surface area contributed by atoms with Gasteiger partial charge in [-0.3, -0.25) is 9.59 Å². The summed E-state index contributed by atoms with van der Waals surface area (Å²) in [5, 5.41) is 5.82. The lowest BCUT2D eigenvalue weighted by molar-refractivity contribution is -0.117. The fourth-order valence-electron chi connectivity index (χ4n) is 3.18. The molecule has 3 rings (SSSR count). The molecule has 0 atom stereocenters. The molecule has 26 heavy (non-hydrogen) atoms. The molecule has 0 radical (unpaired) electrons. The molecule has 1 aromatic heterocycles. The van der Waals surface area contributed by atoms with Crippen LogP contribution in [0.25, 0.3) is 0 Å². The van der Waals surface area contributed by atoms with E-state index in [1.54, 1.807) is 34.7 Å². The molecule has 0 saturated heterocycles. The zero-order valence-electron chi connectivity index (χ0n) is 14.1. The lowest BCUT2D eigenvalue weighted by Crippen LogP contribution is -2.45. The normalized spacial score (nSPS) is 14.8. The van der Waals surface area contributed by atoms with Gasteiger partial charge < -0.3 is 10.2 Å². The average molecular weight is 412 g/mol. The average Bonchev–Trinajstić information content (AvgIpc) is 3.13. The number of benzene rings is 1. The van der Waals surface area contributed by atoms with Crippen LogP contribution in [0.15, 0.2) is 29.8 Å². The zero-order valence-corrected chi connectivity index (χ0v) is 16.4. The van der Waals surface area contributed by atoms with Crippen molar-refractivity contribution in [2.45, 2.75) is 38.1 Å². The monoisotopic (exact) mass is 411 g/mol. The third-order valence-corrected chi connectivity index (χ3v) is 5.67. The van der Waals surface area contributed by atoms with E-state index in [2.05, 4.69) is 10.3 Å².